The summed E-state index contributed by atoms with van der Waals surface area (Å²) < 4.78 is 5.81. The maximum atomic E-state index is 12.9. The third kappa shape index (κ3) is 3.89. The predicted molar refractivity (Wildman–Crippen MR) is 107 cm³/mol. The monoisotopic (exact) mass is 414 g/mol. The largest absolute Gasteiger partial charge is 0.483 e. The number of hydrogen-bond acceptors (Lipinski definition) is 6. The quantitative estimate of drug-likeness (QED) is 0.659. The third-order valence-corrected chi connectivity index (χ3v) is 6.10. The highest BCUT2D eigenvalue weighted by molar-refractivity contribution is 6.05. The zero-order chi connectivity index (χ0) is 21.3. The van der Waals surface area contributed by atoms with Crippen LogP contribution in [-0.2, 0) is 20.9 Å². The number of rotatable bonds is 5. The van der Waals surface area contributed by atoms with Crippen molar-refractivity contribution < 1.29 is 23.9 Å². The van der Waals surface area contributed by atoms with Crippen LogP contribution in [0.2, 0.25) is 0 Å². The van der Waals surface area contributed by atoms with Crippen molar-refractivity contribution in [1.29, 1.82) is 0 Å². The van der Waals surface area contributed by atoms with E-state index in [-0.39, 0.29) is 43.3 Å². The first-order valence-electron chi connectivity index (χ1n) is 10.3. The van der Waals surface area contributed by atoms with E-state index >= 15 is 0 Å². The van der Waals surface area contributed by atoms with Gasteiger partial charge in [-0.3, -0.25) is 24.5 Å². The second kappa shape index (κ2) is 8.43. The Morgan fingerprint density at radius 3 is 2.83 bits per heavy atom. The number of fused-ring (bicyclic) bond motifs is 1. The molecule has 0 saturated carbocycles. The fraction of sp³-hybridized carbons (Fsp3) is 0.524. The molecule has 3 aliphatic rings. The summed E-state index contributed by atoms with van der Waals surface area (Å²) >= 11 is 0. The van der Waals surface area contributed by atoms with Crippen LogP contribution in [0.25, 0.3) is 0 Å². The average Bonchev–Trinajstić information content (AvgIpc) is 3.09. The van der Waals surface area contributed by atoms with Crippen molar-refractivity contribution in [3.8, 4) is 5.75 Å². The first-order chi connectivity index (χ1) is 14.5. The summed E-state index contributed by atoms with van der Waals surface area (Å²) in [7, 11) is 1.78. The lowest BCUT2D eigenvalue weighted by Gasteiger charge is -2.31. The zero-order valence-electron chi connectivity index (χ0n) is 17.0. The lowest BCUT2D eigenvalue weighted by atomic mass is 10.0. The van der Waals surface area contributed by atoms with Gasteiger partial charge in [0.25, 0.3) is 11.8 Å². The Labute approximate surface area is 174 Å². The van der Waals surface area contributed by atoms with Crippen molar-refractivity contribution in [2.45, 2.75) is 44.3 Å². The predicted octanol–water partition coefficient (Wildman–Crippen LogP) is 0.0368. The lowest BCUT2D eigenvalue weighted by Crippen LogP contribution is -2.52. The highest BCUT2D eigenvalue weighted by atomic mass is 16.5. The summed E-state index contributed by atoms with van der Waals surface area (Å²) in [5, 5.41) is 5.59. The molecular formula is C21H26N4O5. The summed E-state index contributed by atoms with van der Waals surface area (Å²) in [5.41, 5.74) is 1.14. The number of imide groups is 1. The Morgan fingerprint density at radius 1 is 1.27 bits per heavy atom. The number of ether oxygens (including phenoxy) is 1. The Balaban J connectivity index is 1.43. The van der Waals surface area contributed by atoms with E-state index in [1.807, 2.05) is 0 Å². The van der Waals surface area contributed by atoms with Crippen LogP contribution in [0.3, 0.4) is 0 Å². The highest BCUT2D eigenvalue weighted by Gasteiger charge is 2.40. The number of carbonyl (C=O) groups is 4. The molecule has 160 valence electrons. The minimum atomic E-state index is -0.679. The van der Waals surface area contributed by atoms with E-state index in [0.717, 1.165) is 25.9 Å². The van der Waals surface area contributed by atoms with Crippen molar-refractivity contribution in [2.75, 3.05) is 26.7 Å². The molecule has 3 aliphatic heterocycles. The molecule has 30 heavy (non-hydrogen) atoms. The van der Waals surface area contributed by atoms with E-state index in [0.29, 0.717) is 23.3 Å². The van der Waals surface area contributed by atoms with Gasteiger partial charge in [0.05, 0.1) is 6.54 Å². The minimum Gasteiger partial charge on any atom is -0.483 e. The third-order valence-electron chi connectivity index (χ3n) is 6.10. The Hall–Kier alpha value is -2.94. The SMILES string of the molecule is CN(C(=O)COc1cccc2c1CN(C1CCC(=O)NC1=O)C2=O)C1CCCNC1. The summed E-state index contributed by atoms with van der Waals surface area (Å²) in [6, 6.07) is 4.61. The van der Waals surface area contributed by atoms with Gasteiger partial charge in [-0.2, -0.15) is 0 Å². The van der Waals surface area contributed by atoms with Gasteiger partial charge < -0.3 is 19.9 Å². The van der Waals surface area contributed by atoms with E-state index < -0.39 is 11.9 Å². The van der Waals surface area contributed by atoms with Crippen LogP contribution in [0.5, 0.6) is 5.75 Å². The Morgan fingerprint density at radius 2 is 2.10 bits per heavy atom. The molecule has 9 nitrogen and oxygen atoms in total. The normalized spacial score (nSPS) is 23.8. The molecule has 2 N–H and O–H groups in total. The van der Waals surface area contributed by atoms with Gasteiger partial charge in [0.2, 0.25) is 11.8 Å². The molecule has 0 aromatic heterocycles. The molecule has 0 aliphatic carbocycles. The molecule has 0 spiro atoms. The van der Waals surface area contributed by atoms with Crippen LogP contribution in [0.4, 0.5) is 0 Å². The standard InChI is InChI=1S/C21H26N4O5/c1-24(13-4-3-9-22-10-13)19(27)12-30-17-6-2-5-14-15(17)11-25(21(14)29)16-7-8-18(26)23-20(16)28/h2,5-6,13,16,22H,3-4,7-12H2,1H3,(H,23,26,28). The summed E-state index contributed by atoms with van der Waals surface area (Å²) in [4.78, 5) is 52.2. The summed E-state index contributed by atoms with van der Waals surface area (Å²) in [6.07, 6.45) is 2.51. The van der Waals surface area contributed by atoms with Gasteiger partial charge in [-0.05, 0) is 37.9 Å². The van der Waals surface area contributed by atoms with Crippen molar-refractivity contribution in [2.24, 2.45) is 0 Å². The van der Waals surface area contributed by atoms with Gasteiger partial charge in [-0.15, -0.1) is 0 Å². The molecule has 4 rings (SSSR count). The maximum Gasteiger partial charge on any atom is 0.260 e. The number of likely N-dealkylation sites (N-methyl/N-ethyl adjacent to an activating group) is 1. The average molecular weight is 414 g/mol. The van der Waals surface area contributed by atoms with Gasteiger partial charge >= 0.3 is 0 Å². The molecule has 9 heteroatoms. The van der Waals surface area contributed by atoms with E-state index in [4.69, 9.17) is 4.74 Å². The lowest BCUT2D eigenvalue weighted by molar-refractivity contribution is -0.137. The van der Waals surface area contributed by atoms with E-state index in [1.54, 1.807) is 30.1 Å². The molecule has 2 saturated heterocycles. The van der Waals surface area contributed by atoms with E-state index in [1.165, 1.54) is 4.90 Å². The molecule has 2 atom stereocenters. The molecule has 1 aromatic carbocycles. The first kappa shape index (κ1) is 20.3. The summed E-state index contributed by atoms with van der Waals surface area (Å²) in [5.74, 6) is -0.679. The minimum absolute atomic E-state index is 0.115. The molecular weight excluding hydrogens is 388 g/mol. The van der Waals surface area contributed by atoms with Gasteiger partial charge in [0, 0.05) is 37.2 Å². The van der Waals surface area contributed by atoms with Gasteiger partial charge in [0.1, 0.15) is 11.8 Å². The molecule has 4 amide bonds. The number of nitrogens with zero attached hydrogens (tertiary/aromatic N) is 2. The topological polar surface area (TPSA) is 108 Å². The van der Waals surface area contributed by atoms with Crippen molar-refractivity contribution >= 4 is 23.6 Å². The van der Waals surface area contributed by atoms with E-state index in [2.05, 4.69) is 10.6 Å². The zero-order valence-corrected chi connectivity index (χ0v) is 17.0. The van der Waals surface area contributed by atoms with Crippen LogP contribution >= 0.6 is 0 Å². The maximum absolute atomic E-state index is 12.9. The number of benzene rings is 1. The Bertz CT molecular complexity index is 880. The van der Waals surface area contributed by atoms with E-state index in [9.17, 15) is 19.2 Å². The number of piperidine rings is 2. The molecule has 2 fully saturated rings. The molecule has 1 aromatic rings. The van der Waals surface area contributed by atoms with Crippen molar-refractivity contribution in [3.05, 3.63) is 29.3 Å². The van der Waals surface area contributed by atoms with Gasteiger partial charge in [-0.1, -0.05) is 6.07 Å². The van der Waals surface area contributed by atoms with Crippen LogP contribution in [-0.4, -0.2) is 72.3 Å². The van der Waals surface area contributed by atoms with Crippen molar-refractivity contribution in [3.63, 3.8) is 0 Å². The molecule has 2 unspecified atom stereocenters. The van der Waals surface area contributed by atoms with Crippen LogP contribution in [0.15, 0.2) is 18.2 Å². The molecule has 0 bridgehead atoms. The molecule has 3 heterocycles. The number of amides is 4. The number of carbonyl (C=O) groups excluding carboxylic acids is 4. The van der Waals surface area contributed by atoms with Gasteiger partial charge in [0.15, 0.2) is 6.61 Å². The van der Waals surface area contributed by atoms with Crippen LogP contribution < -0.4 is 15.4 Å². The van der Waals surface area contributed by atoms with Crippen LogP contribution in [0.1, 0.15) is 41.6 Å². The highest BCUT2D eigenvalue weighted by Crippen LogP contribution is 2.33. The fourth-order valence-electron chi connectivity index (χ4n) is 4.30. The van der Waals surface area contributed by atoms with Crippen molar-refractivity contribution in [1.82, 2.24) is 20.4 Å². The molecule has 0 radical (unpaired) electrons. The fourth-order valence-corrected chi connectivity index (χ4v) is 4.30. The first-order valence-corrected chi connectivity index (χ1v) is 10.3. The Kier molecular flexibility index (Phi) is 5.72. The second-order valence-corrected chi connectivity index (χ2v) is 7.98. The summed E-state index contributed by atoms with van der Waals surface area (Å²) in [6.45, 7) is 1.85. The van der Waals surface area contributed by atoms with Crippen LogP contribution in [0, 0.1) is 0 Å². The van der Waals surface area contributed by atoms with Gasteiger partial charge in [-0.25, -0.2) is 0 Å². The second-order valence-electron chi connectivity index (χ2n) is 7.98. The smallest absolute Gasteiger partial charge is 0.260 e. The number of hydrogen-bond donors (Lipinski definition) is 2. The number of nitrogens with one attached hydrogen (secondary N) is 2.